The lowest BCUT2D eigenvalue weighted by atomic mass is 10.2. The van der Waals surface area contributed by atoms with Crippen molar-refractivity contribution in [3.63, 3.8) is 0 Å². The quantitative estimate of drug-likeness (QED) is 0.306. The van der Waals surface area contributed by atoms with Crippen molar-refractivity contribution in [1.29, 1.82) is 0 Å². The lowest BCUT2D eigenvalue weighted by Crippen LogP contribution is -2.11. The molecule has 2 heterocycles. The van der Waals surface area contributed by atoms with Crippen LogP contribution < -0.4 is 15.4 Å². The molecular formula is C27H19FN4O2. The molecule has 166 valence electrons. The van der Waals surface area contributed by atoms with Crippen LogP contribution in [0.4, 0.5) is 21.5 Å². The Bertz CT molecular complexity index is 1460. The Balaban J connectivity index is 1.27. The summed E-state index contributed by atoms with van der Waals surface area (Å²) in [5.41, 5.74) is 3.52. The fourth-order valence-electron chi connectivity index (χ4n) is 3.46. The molecule has 0 atom stereocenters. The maximum absolute atomic E-state index is 13.7. The summed E-state index contributed by atoms with van der Waals surface area (Å²) in [5, 5.41) is 6.74. The number of amides is 1. The van der Waals surface area contributed by atoms with E-state index in [0.717, 1.165) is 11.4 Å². The fourth-order valence-corrected chi connectivity index (χ4v) is 3.46. The molecule has 0 radical (unpaired) electrons. The number of aromatic nitrogens is 2. The number of hydrogen-bond donors (Lipinski definition) is 2. The summed E-state index contributed by atoms with van der Waals surface area (Å²) in [4.78, 5) is 21.0. The molecule has 0 saturated carbocycles. The highest BCUT2D eigenvalue weighted by Gasteiger charge is 2.09. The van der Waals surface area contributed by atoms with Gasteiger partial charge in [0, 0.05) is 46.6 Å². The van der Waals surface area contributed by atoms with Gasteiger partial charge < -0.3 is 15.4 Å². The summed E-state index contributed by atoms with van der Waals surface area (Å²) >= 11 is 0. The molecule has 0 aliphatic carbocycles. The molecule has 2 N–H and O–H groups in total. The van der Waals surface area contributed by atoms with Crippen LogP contribution in [0, 0.1) is 5.82 Å². The van der Waals surface area contributed by atoms with E-state index >= 15 is 0 Å². The second-order valence-corrected chi connectivity index (χ2v) is 7.49. The van der Waals surface area contributed by atoms with Crippen LogP contribution in [-0.4, -0.2) is 15.9 Å². The van der Waals surface area contributed by atoms with E-state index < -0.39 is 0 Å². The van der Waals surface area contributed by atoms with Crippen LogP contribution in [0.3, 0.4) is 0 Å². The molecule has 2 aromatic heterocycles. The topological polar surface area (TPSA) is 76.1 Å². The second kappa shape index (κ2) is 9.38. The predicted molar refractivity (Wildman–Crippen MR) is 130 cm³/mol. The Kier molecular flexibility index (Phi) is 5.82. The van der Waals surface area contributed by atoms with Crippen molar-refractivity contribution < 1.29 is 13.9 Å². The maximum atomic E-state index is 13.7. The number of carbonyl (C=O) groups excluding carboxylic acids is 1. The number of anilines is 3. The number of ether oxygens (including phenoxy) is 1. The third-order valence-electron chi connectivity index (χ3n) is 5.10. The van der Waals surface area contributed by atoms with Crippen molar-refractivity contribution in [3.8, 4) is 11.5 Å². The van der Waals surface area contributed by atoms with Crippen LogP contribution in [0.5, 0.6) is 11.5 Å². The first-order valence-electron chi connectivity index (χ1n) is 10.5. The third-order valence-corrected chi connectivity index (χ3v) is 5.10. The van der Waals surface area contributed by atoms with Crippen molar-refractivity contribution >= 4 is 33.9 Å². The molecule has 0 fully saturated rings. The molecule has 0 bridgehead atoms. The summed E-state index contributed by atoms with van der Waals surface area (Å²) < 4.78 is 19.6. The number of hydrogen-bond acceptors (Lipinski definition) is 5. The molecule has 6 nitrogen and oxygen atoms in total. The summed E-state index contributed by atoms with van der Waals surface area (Å²) in [5.74, 6) is 0.401. The molecule has 5 rings (SSSR count). The van der Waals surface area contributed by atoms with Crippen molar-refractivity contribution in [2.75, 3.05) is 10.6 Å². The van der Waals surface area contributed by atoms with Crippen LogP contribution in [0.15, 0.2) is 104 Å². The Morgan fingerprint density at radius 3 is 2.41 bits per heavy atom. The predicted octanol–water partition coefficient (Wildman–Crippen LogP) is 6.56. The molecule has 0 spiro atoms. The summed E-state index contributed by atoms with van der Waals surface area (Å²) in [7, 11) is 0. The van der Waals surface area contributed by atoms with Crippen LogP contribution >= 0.6 is 0 Å². The second-order valence-electron chi connectivity index (χ2n) is 7.49. The van der Waals surface area contributed by atoms with Gasteiger partial charge in [-0.15, -0.1) is 0 Å². The van der Waals surface area contributed by atoms with Gasteiger partial charge in [-0.1, -0.05) is 6.07 Å². The number of pyridine rings is 2. The van der Waals surface area contributed by atoms with E-state index in [0.29, 0.717) is 33.7 Å². The van der Waals surface area contributed by atoms with Crippen molar-refractivity contribution in [1.82, 2.24) is 9.97 Å². The van der Waals surface area contributed by atoms with Gasteiger partial charge in [0.1, 0.15) is 17.3 Å². The first kappa shape index (κ1) is 21.1. The molecule has 34 heavy (non-hydrogen) atoms. The minimum Gasteiger partial charge on any atom is -0.457 e. The number of nitrogens with zero attached hydrogens (tertiary/aromatic N) is 2. The summed E-state index contributed by atoms with van der Waals surface area (Å²) in [6, 6.07) is 23.9. The average molecular weight is 450 g/mol. The average Bonchev–Trinajstić information content (AvgIpc) is 2.86. The van der Waals surface area contributed by atoms with E-state index in [9.17, 15) is 9.18 Å². The summed E-state index contributed by atoms with van der Waals surface area (Å²) in [6.45, 7) is 0. The molecule has 5 aromatic rings. The Morgan fingerprint density at radius 2 is 1.59 bits per heavy atom. The lowest BCUT2D eigenvalue weighted by molar-refractivity contribution is 0.102. The first-order valence-corrected chi connectivity index (χ1v) is 10.5. The van der Waals surface area contributed by atoms with Crippen molar-refractivity contribution in [2.45, 2.75) is 0 Å². The smallest absolute Gasteiger partial charge is 0.255 e. The number of fused-ring (bicyclic) bond motifs is 1. The van der Waals surface area contributed by atoms with Crippen molar-refractivity contribution in [2.24, 2.45) is 0 Å². The van der Waals surface area contributed by atoms with Gasteiger partial charge >= 0.3 is 0 Å². The molecule has 0 aliphatic rings. The number of nitrogens with one attached hydrogen (secondary N) is 2. The standard InChI is InChI=1S/C27H19FN4O2/c28-19-6-9-25-24(16-19)26(12-15-30-25)34-23-7-4-18(5-8-23)27(33)32-22-3-1-2-21(17-22)31-20-10-13-29-14-11-20/h1-17H,(H,29,31)(H,32,33). The van der Waals surface area contributed by atoms with E-state index in [4.69, 9.17) is 4.74 Å². The van der Waals surface area contributed by atoms with Gasteiger partial charge in [0.2, 0.25) is 0 Å². The maximum Gasteiger partial charge on any atom is 0.255 e. The molecule has 3 aromatic carbocycles. The normalized spacial score (nSPS) is 10.6. The molecule has 7 heteroatoms. The number of rotatable bonds is 6. The number of benzene rings is 3. The van der Waals surface area contributed by atoms with Crippen LogP contribution in [0.1, 0.15) is 10.4 Å². The zero-order chi connectivity index (χ0) is 23.3. The van der Waals surface area contributed by atoms with E-state index in [1.807, 2.05) is 36.4 Å². The third kappa shape index (κ3) is 4.83. The number of halogens is 1. The Labute approximate surface area is 195 Å². The van der Waals surface area contributed by atoms with Crippen LogP contribution in [0.2, 0.25) is 0 Å². The lowest BCUT2D eigenvalue weighted by Gasteiger charge is -2.11. The van der Waals surface area contributed by atoms with Gasteiger partial charge in [-0.05, 0) is 78.9 Å². The molecule has 0 unspecified atom stereocenters. The van der Waals surface area contributed by atoms with Crippen LogP contribution in [-0.2, 0) is 0 Å². The summed E-state index contributed by atoms with van der Waals surface area (Å²) in [6.07, 6.45) is 5.02. The monoisotopic (exact) mass is 450 g/mol. The molecule has 1 amide bonds. The first-order chi connectivity index (χ1) is 16.6. The molecule has 0 saturated heterocycles. The highest BCUT2D eigenvalue weighted by atomic mass is 19.1. The number of carbonyl (C=O) groups is 1. The van der Waals surface area contributed by atoms with Gasteiger partial charge in [-0.3, -0.25) is 14.8 Å². The minimum absolute atomic E-state index is 0.246. The van der Waals surface area contributed by atoms with E-state index in [1.54, 1.807) is 55.0 Å². The molecule has 0 aliphatic heterocycles. The zero-order valence-corrected chi connectivity index (χ0v) is 17.9. The van der Waals surface area contributed by atoms with Gasteiger partial charge in [0.05, 0.1) is 5.52 Å². The minimum atomic E-state index is -0.364. The fraction of sp³-hybridized carbons (Fsp3) is 0. The van der Waals surface area contributed by atoms with Gasteiger partial charge in [0.15, 0.2) is 0 Å². The van der Waals surface area contributed by atoms with Gasteiger partial charge in [-0.2, -0.15) is 0 Å². The van der Waals surface area contributed by atoms with Crippen molar-refractivity contribution in [3.05, 3.63) is 115 Å². The molecular weight excluding hydrogens is 431 g/mol. The van der Waals surface area contributed by atoms with E-state index in [1.165, 1.54) is 12.1 Å². The SMILES string of the molecule is O=C(Nc1cccc(Nc2ccncc2)c1)c1ccc(Oc2ccnc3ccc(F)cc23)cc1. The van der Waals surface area contributed by atoms with E-state index in [-0.39, 0.29) is 11.7 Å². The highest BCUT2D eigenvalue weighted by molar-refractivity contribution is 6.04. The largest absolute Gasteiger partial charge is 0.457 e. The zero-order valence-electron chi connectivity index (χ0n) is 17.9. The van der Waals surface area contributed by atoms with E-state index in [2.05, 4.69) is 20.6 Å². The Morgan fingerprint density at radius 1 is 0.794 bits per heavy atom. The Hall–Kier alpha value is -4.78. The van der Waals surface area contributed by atoms with Crippen LogP contribution in [0.25, 0.3) is 10.9 Å². The van der Waals surface area contributed by atoms with Gasteiger partial charge in [0.25, 0.3) is 5.91 Å². The highest BCUT2D eigenvalue weighted by Crippen LogP contribution is 2.29. The van der Waals surface area contributed by atoms with Gasteiger partial charge in [-0.25, -0.2) is 4.39 Å².